The molecule has 0 aliphatic carbocycles. The van der Waals surface area contributed by atoms with Gasteiger partial charge in [-0.1, -0.05) is 78.9 Å². The lowest BCUT2D eigenvalue weighted by Gasteiger charge is -2.25. The molecule has 1 heterocycles. The van der Waals surface area contributed by atoms with Crippen LogP contribution in [0, 0.1) is 0 Å². The molecule has 2 N–H and O–H groups in total. The Morgan fingerprint density at radius 2 is 1.31 bits per heavy atom. The van der Waals surface area contributed by atoms with E-state index in [0.29, 0.717) is 35.8 Å². The van der Waals surface area contributed by atoms with Gasteiger partial charge in [0.15, 0.2) is 0 Å². The van der Waals surface area contributed by atoms with Gasteiger partial charge >= 0.3 is 6.03 Å². The Morgan fingerprint density at radius 1 is 0.738 bits per heavy atom. The molecule has 42 heavy (non-hydrogen) atoms. The summed E-state index contributed by atoms with van der Waals surface area (Å²) < 4.78 is 6.65. The molecule has 0 spiro atoms. The second kappa shape index (κ2) is 13.8. The Bertz CT molecular complexity index is 1560. The molecule has 0 unspecified atom stereocenters. The molecule has 0 aliphatic rings. The number of nitrogens with one attached hydrogen (secondary N) is 2. The Kier molecular flexibility index (Phi) is 9.21. The third-order valence-corrected chi connectivity index (χ3v) is 6.74. The second-order valence-electron chi connectivity index (χ2n) is 9.65. The lowest BCUT2D eigenvalue weighted by Crippen LogP contribution is -2.31. The number of anilines is 2. The first-order valence-corrected chi connectivity index (χ1v) is 13.8. The molecule has 0 fully saturated rings. The molecule has 210 valence electrons. The highest BCUT2D eigenvalue weighted by molar-refractivity contribution is 6.02. The lowest BCUT2D eigenvalue weighted by molar-refractivity contribution is 0.0746. The normalized spacial score (nSPS) is 10.6. The molecule has 0 radical (unpaired) electrons. The van der Waals surface area contributed by atoms with Gasteiger partial charge in [0.25, 0.3) is 5.91 Å². The fourth-order valence-corrected chi connectivity index (χ4v) is 4.61. The lowest BCUT2D eigenvalue weighted by atomic mass is 10.0. The Hall–Kier alpha value is -5.43. The number of aromatic nitrogens is 1. The molecule has 5 rings (SSSR count). The fraction of sp³-hybridized carbons (Fsp3) is 0.114. The van der Waals surface area contributed by atoms with E-state index in [9.17, 15) is 9.59 Å². The van der Waals surface area contributed by atoms with Gasteiger partial charge in [-0.15, -0.1) is 0 Å². The van der Waals surface area contributed by atoms with Gasteiger partial charge < -0.3 is 20.3 Å². The predicted octanol–water partition coefficient (Wildman–Crippen LogP) is 7.56. The molecular formula is C35H32N4O3. The summed E-state index contributed by atoms with van der Waals surface area (Å²) in [4.78, 5) is 32.7. The van der Waals surface area contributed by atoms with Crippen molar-refractivity contribution < 1.29 is 14.3 Å². The minimum absolute atomic E-state index is 0.212. The number of carbonyl (C=O) groups is 2. The van der Waals surface area contributed by atoms with Crippen LogP contribution in [-0.4, -0.2) is 28.4 Å². The van der Waals surface area contributed by atoms with Crippen molar-refractivity contribution in [2.24, 2.45) is 0 Å². The van der Waals surface area contributed by atoms with Crippen LogP contribution in [0.2, 0.25) is 0 Å². The van der Waals surface area contributed by atoms with E-state index in [1.807, 2.05) is 97.9 Å². The summed E-state index contributed by atoms with van der Waals surface area (Å²) in [6.45, 7) is 2.82. The third-order valence-electron chi connectivity index (χ3n) is 6.74. The van der Waals surface area contributed by atoms with Gasteiger partial charge in [-0.3, -0.25) is 9.78 Å². The SMILES string of the molecule is CCN(Cc1ccncc1)C(=O)c1cc(NC(=O)Nc2ccccc2)ccc1OC(c1ccccc1)c1ccccc1. The molecule has 0 bridgehead atoms. The van der Waals surface area contributed by atoms with Gasteiger partial charge in [0.1, 0.15) is 11.9 Å². The molecule has 4 aromatic carbocycles. The molecule has 7 heteroatoms. The van der Waals surface area contributed by atoms with Gasteiger partial charge in [-0.25, -0.2) is 4.79 Å². The number of hydrogen-bond donors (Lipinski definition) is 2. The standard InChI is InChI=1S/C35H32N4O3/c1-2-39(25-26-20-22-36-23-21-26)34(40)31-24-30(38-35(41)37-29-16-10-5-11-17-29)18-19-32(31)42-33(27-12-6-3-7-13-27)28-14-8-4-9-15-28/h3-24,33H,2,25H2,1H3,(H2,37,38,41). The average molecular weight is 557 g/mol. The molecule has 0 aliphatic heterocycles. The molecule has 5 aromatic rings. The maximum Gasteiger partial charge on any atom is 0.323 e. The maximum atomic E-state index is 14.1. The zero-order chi connectivity index (χ0) is 29.1. The zero-order valence-electron chi connectivity index (χ0n) is 23.3. The number of urea groups is 1. The highest BCUT2D eigenvalue weighted by atomic mass is 16.5. The fourth-order valence-electron chi connectivity index (χ4n) is 4.61. The van der Waals surface area contributed by atoms with Crippen LogP contribution in [0.1, 0.15) is 40.1 Å². The largest absolute Gasteiger partial charge is 0.480 e. The number of para-hydroxylation sites is 1. The molecule has 3 amide bonds. The van der Waals surface area contributed by atoms with E-state index in [4.69, 9.17) is 4.74 Å². The van der Waals surface area contributed by atoms with Crippen LogP contribution >= 0.6 is 0 Å². The van der Waals surface area contributed by atoms with Gasteiger partial charge in [-0.2, -0.15) is 0 Å². The predicted molar refractivity (Wildman–Crippen MR) is 166 cm³/mol. The third kappa shape index (κ3) is 7.20. The van der Waals surface area contributed by atoms with Gasteiger partial charge in [0.2, 0.25) is 0 Å². The van der Waals surface area contributed by atoms with Crippen molar-refractivity contribution in [1.82, 2.24) is 9.88 Å². The van der Waals surface area contributed by atoms with E-state index < -0.39 is 12.1 Å². The highest BCUT2D eigenvalue weighted by Crippen LogP contribution is 2.33. The van der Waals surface area contributed by atoms with E-state index in [1.54, 1.807) is 47.6 Å². The summed E-state index contributed by atoms with van der Waals surface area (Å²) in [6.07, 6.45) is 2.97. The summed E-state index contributed by atoms with van der Waals surface area (Å²) in [5.41, 5.74) is 4.35. The van der Waals surface area contributed by atoms with E-state index in [-0.39, 0.29) is 5.91 Å². The first-order chi connectivity index (χ1) is 20.6. The summed E-state index contributed by atoms with van der Waals surface area (Å²) in [6, 6.07) is 37.5. The van der Waals surface area contributed by atoms with Gasteiger partial charge in [0.05, 0.1) is 5.56 Å². The summed E-state index contributed by atoms with van der Waals surface area (Å²) in [5.74, 6) is 0.205. The molecule has 7 nitrogen and oxygen atoms in total. The van der Waals surface area contributed by atoms with Crippen LogP contribution in [0.25, 0.3) is 0 Å². The van der Waals surface area contributed by atoms with Crippen LogP contribution < -0.4 is 15.4 Å². The molecular weight excluding hydrogens is 524 g/mol. The van der Waals surface area contributed by atoms with Gasteiger partial charge in [0, 0.05) is 36.9 Å². The van der Waals surface area contributed by atoms with Crippen molar-refractivity contribution in [1.29, 1.82) is 0 Å². The number of ether oxygens (including phenoxy) is 1. The molecule has 0 saturated heterocycles. The number of pyridine rings is 1. The summed E-state index contributed by atoms with van der Waals surface area (Å²) in [7, 11) is 0. The number of hydrogen-bond acceptors (Lipinski definition) is 4. The van der Waals surface area contributed by atoms with Crippen molar-refractivity contribution in [3.63, 3.8) is 0 Å². The van der Waals surface area contributed by atoms with Crippen LogP contribution in [0.5, 0.6) is 5.75 Å². The monoisotopic (exact) mass is 556 g/mol. The number of rotatable bonds is 10. The van der Waals surface area contributed by atoms with E-state index >= 15 is 0 Å². The van der Waals surface area contributed by atoms with Crippen LogP contribution in [0.4, 0.5) is 16.2 Å². The van der Waals surface area contributed by atoms with Crippen LogP contribution in [0.15, 0.2) is 134 Å². The number of carbonyl (C=O) groups excluding carboxylic acids is 2. The Labute approximate surface area is 245 Å². The van der Waals surface area contributed by atoms with Crippen LogP contribution in [-0.2, 0) is 6.54 Å². The average Bonchev–Trinajstić information content (AvgIpc) is 3.04. The maximum absolute atomic E-state index is 14.1. The minimum atomic E-state index is -0.450. The Morgan fingerprint density at radius 3 is 1.90 bits per heavy atom. The first kappa shape index (κ1) is 28.1. The zero-order valence-corrected chi connectivity index (χ0v) is 23.3. The topological polar surface area (TPSA) is 83.6 Å². The molecule has 0 saturated carbocycles. The van der Waals surface area contributed by atoms with Crippen molar-refractivity contribution in [3.05, 3.63) is 156 Å². The van der Waals surface area contributed by atoms with Gasteiger partial charge in [-0.05, 0) is 66.1 Å². The summed E-state index contributed by atoms with van der Waals surface area (Å²) in [5, 5.41) is 5.66. The van der Waals surface area contributed by atoms with Crippen molar-refractivity contribution in [2.75, 3.05) is 17.2 Å². The van der Waals surface area contributed by atoms with Crippen LogP contribution in [0.3, 0.4) is 0 Å². The molecule has 0 atom stereocenters. The van der Waals surface area contributed by atoms with Crippen molar-refractivity contribution >= 4 is 23.3 Å². The second-order valence-corrected chi connectivity index (χ2v) is 9.65. The van der Waals surface area contributed by atoms with E-state index in [2.05, 4.69) is 15.6 Å². The quantitative estimate of drug-likeness (QED) is 0.186. The Balaban J connectivity index is 1.49. The molecule has 1 aromatic heterocycles. The smallest absolute Gasteiger partial charge is 0.323 e. The first-order valence-electron chi connectivity index (χ1n) is 13.8. The minimum Gasteiger partial charge on any atom is -0.480 e. The van der Waals surface area contributed by atoms with E-state index in [1.165, 1.54) is 0 Å². The summed E-state index contributed by atoms with van der Waals surface area (Å²) >= 11 is 0. The van der Waals surface area contributed by atoms with Crippen molar-refractivity contribution in [2.45, 2.75) is 19.6 Å². The number of amides is 3. The highest BCUT2D eigenvalue weighted by Gasteiger charge is 2.24. The van der Waals surface area contributed by atoms with E-state index in [0.717, 1.165) is 16.7 Å². The number of nitrogens with zero attached hydrogens (tertiary/aromatic N) is 2. The van der Waals surface area contributed by atoms with Crippen molar-refractivity contribution in [3.8, 4) is 5.75 Å². The number of benzene rings is 4.